The van der Waals surface area contributed by atoms with Gasteiger partial charge in [-0.05, 0) is 49.4 Å². The lowest BCUT2D eigenvalue weighted by atomic mass is 10.2. The van der Waals surface area contributed by atoms with Crippen LogP contribution in [0.4, 0.5) is 27.8 Å². The van der Waals surface area contributed by atoms with Crippen LogP contribution in [0, 0.1) is 11.3 Å². The van der Waals surface area contributed by atoms with Crippen molar-refractivity contribution < 1.29 is 14.7 Å². The fourth-order valence-corrected chi connectivity index (χ4v) is 4.67. The van der Waals surface area contributed by atoms with Gasteiger partial charge in [-0.25, -0.2) is 24.5 Å². The van der Waals surface area contributed by atoms with Crippen LogP contribution in [0.1, 0.15) is 34.7 Å². The molecule has 0 radical (unpaired) electrons. The topological polar surface area (TPSA) is 201 Å². The van der Waals surface area contributed by atoms with E-state index in [4.69, 9.17) is 22.3 Å². The Morgan fingerprint density at radius 2 is 1.84 bits per heavy atom. The number of nitrogens with two attached hydrogens (primary N) is 1. The molecule has 0 fully saturated rings. The zero-order valence-electron chi connectivity index (χ0n) is 22.4. The normalized spacial score (nSPS) is 11.4. The number of amides is 2. The van der Waals surface area contributed by atoms with Crippen LogP contribution in [-0.4, -0.2) is 36.6 Å². The molecule has 2 aromatic heterocycles. The maximum absolute atomic E-state index is 13.9. The highest BCUT2D eigenvalue weighted by Gasteiger charge is 2.22. The summed E-state index contributed by atoms with van der Waals surface area (Å²) in [7, 11) is 0. The van der Waals surface area contributed by atoms with Crippen molar-refractivity contribution >= 4 is 57.5 Å². The van der Waals surface area contributed by atoms with Gasteiger partial charge in [0.2, 0.25) is 0 Å². The van der Waals surface area contributed by atoms with E-state index in [1.165, 1.54) is 23.0 Å². The summed E-state index contributed by atoms with van der Waals surface area (Å²) >= 11 is 6.41. The second kappa shape index (κ2) is 11.9. The van der Waals surface area contributed by atoms with E-state index in [-0.39, 0.29) is 44.7 Å². The molecule has 5 rings (SSSR count). The van der Waals surface area contributed by atoms with Crippen molar-refractivity contribution in [3.05, 3.63) is 105 Å². The van der Waals surface area contributed by atoms with E-state index in [9.17, 15) is 24.8 Å². The number of aromatic carboxylic acids is 1. The van der Waals surface area contributed by atoms with E-state index < -0.39 is 23.6 Å². The number of anilines is 4. The SMILES string of the molecule is CC(Nc1ncnc(N)c1C#N)c1nc2cccc(Cl)c2c(=O)n1-c1cccc(NC(=O)Nc2ccccc2C(=O)O)c1. The van der Waals surface area contributed by atoms with E-state index in [2.05, 4.69) is 25.9 Å². The number of nitrogens with one attached hydrogen (secondary N) is 3. The van der Waals surface area contributed by atoms with Gasteiger partial charge in [-0.1, -0.05) is 35.9 Å². The Morgan fingerprint density at radius 3 is 2.60 bits per heavy atom. The molecule has 0 saturated carbocycles. The summed E-state index contributed by atoms with van der Waals surface area (Å²) in [6, 6.07) is 17.9. The molecule has 14 heteroatoms. The third-order valence-electron chi connectivity index (χ3n) is 6.37. The van der Waals surface area contributed by atoms with Gasteiger partial charge in [0.05, 0.1) is 38.9 Å². The minimum absolute atomic E-state index is 0.00845. The number of carboxylic acids is 1. The second-order valence-corrected chi connectivity index (χ2v) is 9.59. The number of urea groups is 1. The first kappa shape index (κ1) is 28.5. The number of nitrogen functional groups attached to an aromatic ring is 1. The molecule has 2 amide bonds. The van der Waals surface area contributed by atoms with Gasteiger partial charge in [0.15, 0.2) is 0 Å². The van der Waals surface area contributed by atoms with Gasteiger partial charge in [-0.2, -0.15) is 5.26 Å². The molecule has 0 bridgehead atoms. The number of fused-ring (bicyclic) bond motifs is 1. The van der Waals surface area contributed by atoms with E-state index in [0.29, 0.717) is 16.9 Å². The summed E-state index contributed by atoms with van der Waals surface area (Å²) in [5.74, 6) is -0.798. The number of rotatable bonds is 7. The van der Waals surface area contributed by atoms with E-state index in [0.717, 1.165) is 0 Å². The summed E-state index contributed by atoms with van der Waals surface area (Å²) in [4.78, 5) is 50.9. The van der Waals surface area contributed by atoms with E-state index in [1.807, 2.05) is 6.07 Å². The number of nitriles is 1. The van der Waals surface area contributed by atoms with Crippen LogP contribution in [0.2, 0.25) is 5.02 Å². The highest BCUT2D eigenvalue weighted by Crippen LogP contribution is 2.27. The van der Waals surface area contributed by atoms with Crippen LogP contribution in [0.15, 0.2) is 77.9 Å². The molecule has 5 aromatic rings. The van der Waals surface area contributed by atoms with Crippen LogP contribution < -0.4 is 27.2 Å². The molecule has 214 valence electrons. The second-order valence-electron chi connectivity index (χ2n) is 9.19. The third-order valence-corrected chi connectivity index (χ3v) is 6.68. The molecule has 0 aliphatic carbocycles. The maximum Gasteiger partial charge on any atom is 0.337 e. The molecule has 0 aliphatic rings. The number of hydrogen-bond donors (Lipinski definition) is 5. The molecule has 2 heterocycles. The predicted molar refractivity (Wildman–Crippen MR) is 162 cm³/mol. The van der Waals surface area contributed by atoms with Gasteiger partial charge in [0.25, 0.3) is 5.56 Å². The summed E-state index contributed by atoms with van der Waals surface area (Å²) in [5, 5.41) is 27.6. The number of benzene rings is 3. The van der Waals surface area contributed by atoms with Crippen molar-refractivity contribution in [2.24, 2.45) is 0 Å². The molecule has 3 aromatic carbocycles. The Morgan fingerprint density at radius 1 is 1.07 bits per heavy atom. The fraction of sp³-hybridized carbons (Fsp3) is 0.0690. The molecular weight excluding hydrogens is 574 g/mol. The fourth-order valence-electron chi connectivity index (χ4n) is 4.42. The lowest BCUT2D eigenvalue weighted by Crippen LogP contribution is -2.28. The Labute approximate surface area is 248 Å². The van der Waals surface area contributed by atoms with Crippen LogP contribution in [0.25, 0.3) is 16.6 Å². The average molecular weight is 596 g/mol. The molecular formula is C29H22ClN9O4. The lowest BCUT2D eigenvalue weighted by molar-refractivity contribution is 0.0698. The van der Waals surface area contributed by atoms with Crippen LogP contribution in [0.5, 0.6) is 0 Å². The molecule has 1 atom stereocenters. The van der Waals surface area contributed by atoms with Crippen molar-refractivity contribution in [2.75, 3.05) is 21.7 Å². The van der Waals surface area contributed by atoms with Gasteiger partial charge in [-0.3, -0.25) is 9.36 Å². The smallest absolute Gasteiger partial charge is 0.337 e. The molecule has 43 heavy (non-hydrogen) atoms. The van der Waals surface area contributed by atoms with Crippen molar-refractivity contribution in [1.82, 2.24) is 19.5 Å². The van der Waals surface area contributed by atoms with Crippen LogP contribution in [-0.2, 0) is 0 Å². The first-order valence-electron chi connectivity index (χ1n) is 12.7. The highest BCUT2D eigenvalue weighted by atomic mass is 35.5. The van der Waals surface area contributed by atoms with Crippen LogP contribution in [0.3, 0.4) is 0 Å². The average Bonchev–Trinajstić information content (AvgIpc) is 2.97. The molecule has 13 nitrogen and oxygen atoms in total. The summed E-state index contributed by atoms with van der Waals surface area (Å²) in [5.41, 5.74) is 6.43. The first-order valence-corrected chi connectivity index (χ1v) is 13.0. The zero-order chi connectivity index (χ0) is 30.7. The van der Waals surface area contributed by atoms with Crippen molar-refractivity contribution in [2.45, 2.75) is 13.0 Å². The monoisotopic (exact) mass is 595 g/mol. The molecule has 0 saturated heterocycles. The largest absolute Gasteiger partial charge is 0.478 e. The quantitative estimate of drug-likeness (QED) is 0.174. The summed E-state index contributed by atoms with van der Waals surface area (Å²) in [6.07, 6.45) is 1.21. The van der Waals surface area contributed by atoms with Gasteiger partial charge in [0, 0.05) is 5.69 Å². The Kier molecular flexibility index (Phi) is 7.86. The third kappa shape index (κ3) is 5.76. The van der Waals surface area contributed by atoms with Crippen molar-refractivity contribution in [3.8, 4) is 11.8 Å². The van der Waals surface area contributed by atoms with Gasteiger partial charge < -0.3 is 26.8 Å². The Balaban J connectivity index is 1.55. The van der Waals surface area contributed by atoms with E-state index >= 15 is 0 Å². The minimum atomic E-state index is -1.19. The summed E-state index contributed by atoms with van der Waals surface area (Å²) < 4.78 is 1.34. The number of nitrogens with zero attached hydrogens (tertiary/aromatic N) is 5. The number of para-hydroxylation sites is 1. The molecule has 0 aliphatic heterocycles. The predicted octanol–water partition coefficient (Wildman–Crippen LogP) is 4.80. The summed E-state index contributed by atoms with van der Waals surface area (Å²) in [6.45, 7) is 1.73. The number of carboxylic acid groups (broad SMARTS) is 1. The zero-order valence-corrected chi connectivity index (χ0v) is 23.1. The van der Waals surface area contributed by atoms with Crippen molar-refractivity contribution in [3.63, 3.8) is 0 Å². The maximum atomic E-state index is 13.9. The molecule has 6 N–H and O–H groups in total. The number of halogens is 1. The molecule has 1 unspecified atom stereocenters. The number of hydrogen-bond acceptors (Lipinski definition) is 9. The van der Waals surface area contributed by atoms with E-state index in [1.54, 1.807) is 61.5 Å². The van der Waals surface area contributed by atoms with Gasteiger partial charge >= 0.3 is 12.0 Å². The van der Waals surface area contributed by atoms with Crippen LogP contribution >= 0.6 is 11.6 Å². The van der Waals surface area contributed by atoms with Crippen molar-refractivity contribution in [1.29, 1.82) is 5.26 Å². The number of carbonyl (C=O) groups is 2. The number of carbonyl (C=O) groups excluding carboxylic acids is 1. The minimum Gasteiger partial charge on any atom is -0.478 e. The molecule has 0 spiro atoms. The Bertz CT molecular complexity index is 2010. The van der Waals surface area contributed by atoms with Gasteiger partial charge in [-0.15, -0.1) is 0 Å². The lowest BCUT2D eigenvalue weighted by Gasteiger charge is -2.21. The Hall–Kier alpha value is -6.00. The highest BCUT2D eigenvalue weighted by molar-refractivity contribution is 6.35. The standard InChI is InChI=1S/C29H22ClN9O4/c1-15(35-25-19(13-31)24(32)33-14-34-25)26-37-22-11-5-9-20(30)23(22)27(40)39(26)17-7-4-6-16(12-17)36-29(43)38-21-10-3-2-8-18(21)28(41)42/h2-12,14-15H,1H3,(H,41,42)(H2,36,38,43)(H3,32,33,34,35). The van der Waals surface area contributed by atoms with Gasteiger partial charge in [0.1, 0.15) is 35.4 Å². The number of aromatic nitrogens is 4. The first-order chi connectivity index (χ1) is 20.7.